The van der Waals surface area contributed by atoms with Gasteiger partial charge in [-0.15, -0.1) is 0 Å². The Hall–Kier alpha value is -1.25. The van der Waals surface area contributed by atoms with Crippen molar-refractivity contribution >= 4 is 15.9 Å². The highest BCUT2D eigenvalue weighted by molar-refractivity contribution is 7.85. The predicted molar refractivity (Wildman–Crippen MR) is 141 cm³/mol. The number of carbonyl (C=O) groups excluding carboxylic acids is 1. The normalized spacial score (nSPS) is 23.4. The molecule has 0 spiro atoms. The lowest BCUT2D eigenvalue weighted by atomic mass is 9.70. The van der Waals surface area contributed by atoms with Gasteiger partial charge in [0.15, 0.2) is 7.14 Å². The largest absolute Gasteiger partial charge is 0.748 e. The molecule has 0 aliphatic heterocycles. The van der Waals surface area contributed by atoms with Gasteiger partial charge in [0.05, 0.1) is 15.9 Å². The molecule has 4 nitrogen and oxygen atoms in total. The molecule has 2 aromatic rings. The molecule has 0 heterocycles. The lowest BCUT2D eigenvalue weighted by Gasteiger charge is -2.37. The molecule has 0 amide bonds. The van der Waals surface area contributed by atoms with E-state index in [0.717, 1.165) is 6.42 Å². The number of benzene rings is 2. The zero-order valence-corrected chi connectivity index (χ0v) is 25.9. The van der Waals surface area contributed by atoms with Gasteiger partial charge in [0.2, 0.25) is 0 Å². The van der Waals surface area contributed by atoms with Crippen molar-refractivity contribution in [1.29, 1.82) is 0 Å². The Balaban J connectivity index is 0.000000212. The zero-order valence-electron chi connectivity index (χ0n) is 22.9. The Bertz CT molecular complexity index is 1200. The molecule has 2 aliphatic carbocycles. The van der Waals surface area contributed by atoms with Gasteiger partial charge in [0.1, 0.15) is 5.78 Å². The Morgan fingerprint density at radius 2 is 1.56 bits per heavy atom. The van der Waals surface area contributed by atoms with Crippen molar-refractivity contribution in [3.63, 3.8) is 0 Å². The third-order valence-electron chi connectivity index (χ3n) is 8.08. The molecule has 0 N–H and O–H groups in total. The molecule has 36 heavy (non-hydrogen) atoms. The molecule has 2 fully saturated rings. The maximum atomic E-state index is 11.8. The molecular formula is C30H41IO4S. The molecule has 0 radical (unpaired) electrons. The van der Waals surface area contributed by atoms with Crippen molar-refractivity contribution in [1.82, 2.24) is 0 Å². The van der Waals surface area contributed by atoms with Crippen molar-refractivity contribution in [2.45, 2.75) is 85.5 Å². The van der Waals surface area contributed by atoms with Crippen LogP contribution in [0.2, 0.25) is 0 Å². The monoisotopic (exact) mass is 624 g/mol. The minimum atomic E-state index is -4.33. The van der Waals surface area contributed by atoms with Gasteiger partial charge in [-0.05, 0) is 58.8 Å². The summed E-state index contributed by atoms with van der Waals surface area (Å²) in [7, 11) is -4.33. The van der Waals surface area contributed by atoms with Crippen LogP contribution in [-0.4, -0.2) is 24.5 Å². The lowest BCUT2D eigenvalue weighted by molar-refractivity contribution is -0.598. The van der Waals surface area contributed by atoms with Crippen molar-refractivity contribution in [3.05, 3.63) is 66.8 Å². The average Bonchev–Trinajstić information content (AvgIpc) is 3.06. The van der Waals surface area contributed by atoms with Crippen LogP contribution < -0.4 is 21.2 Å². The number of carbonyl (C=O) groups is 1. The number of Topliss-reactive ketones (excluding diaryl/α,β-unsaturated/α-hetero) is 1. The van der Waals surface area contributed by atoms with Crippen LogP contribution in [0.15, 0.2) is 48.5 Å². The predicted octanol–water partition coefficient (Wildman–Crippen LogP) is 3.34. The Labute approximate surface area is 228 Å². The summed E-state index contributed by atoms with van der Waals surface area (Å²) < 4.78 is 35.7. The second-order valence-corrected chi connectivity index (χ2v) is 17.3. The van der Waals surface area contributed by atoms with Crippen LogP contribution in [0.3, 0.4) is 0 Å². The van der Waals surface area contributed by atoms with E-state index in [-0.39, 0.29) is 49.2 Å². The second kappa shape index (κ2) is 10.1. The maximum absolute atomic E-state index is 11.8. The average molecular weight is 625 g/mol. The van der Waals surface area contributed by atoms with Crippen LogP contribution >= 0.6 is 0 Å². The Kier molecular flexibility index (Phi) is 8.25. The summed E-state index contributed by atoms with van der Waals surface area (Å²) in [5.74, 6) is -0.280. The topological polar surface area (TPSA) is 74.3 Å². The van der Waals surface area contributed by atoms with E-state index in [0.29, 0.717) is 12.8 Å². The number of halogens is 1. The van der Waals surface area contributed by atoms with E-state index in [1.165, 1.54) is 9.13 Å². The fraction of sp³-hybridized carbons (Fsp3) is 0.567. The Morgan fingerprint density at radius 1 is 0.944 bits per heavy atom. The van der Waals surface area contributed by atoms with Gasteiger partial charge in [-0.2, -0.15) is 0 Å². The van der Waals surface area contributed by atoms with Gasteiger partial charge in [-0.1, -0.05) is 85.7 Å². The summed E-state index contributed by atoms with van der Waals surface area (Å²) in [6, 6.07) is 17.8. The number of hydrogen-bond acceptors (Lipinski definition) is 4. The van der Waals surface area contributed by atoms with Crippen molar-refractivity contribution < 1.29 is 39.0 Å². The van der Waals surface area contributed by atoms with Gasteiger partial charge in [0.25, 0.3) is 0 Å². The van der Waals surface area contributed by atoms with Gasteiger partial charge in [-0.25, -0.2) is 8.42 Å². The quantitative estimate of drug-likeness (QED) is 0.387. The number of hydrogen-bond donors (Lipinski definition) is 0. The molecule has 6 heteroatoms. The molecule has 4 rings (SSSR count). The third-order valence-corrected chi connectivity index (χ3v) is 11.7. The standard InChI is InChI=1S/C20H26I.C10H16O4S/c1-19(2,3)16-13-10-14-17(18(16)20(4,5)6)21-15-11-8-7-9-12-15;1-9(2)7-3-4-10(9,8(11)5-7)6-15(12,13)14/h7-14H,1-6H3;7H,3-6H2,1-2H3,(H,12,13,14)/q+1;/p-1. The summed E-state index contributed by atoms with van der Waals surface area (Å²) in [6.45, 7) is 17.8. The molecule has 2 saturated carbocycles. The second-order valence-electron chi connectivity index (χ2n) is 12.9. The van der Waals surface area contributed by atoms with Crippen LogP contribution in [0.25, 0.3) is 0 Å². The van der Waals surface area contributed by atoms with Crippen LogP contribution in [0, 0.1) is 23.9 Å². The van der Waals surface area contributed by atoms with E-state index < -0.39 is 21.3 Å². The van der Waals surface area contributed by atoms with Gasteiger partial charge in [-0.3, -0.25) is 4.79 Å². The summed E-state index contributed by atoms with van der Waals surface area (Å²) >= 11 is -0.124. The SMILES string of the molecule is CC(C)(C)c1cccc([I+]c2ccccc2)c1C(C)(C)C.CC1(C)C2CCC1(CS(=O)(=O)[O-])C(=O)C2. The van der Waals surface area contributed by atoms with Crippen LogP contribution in [0.1, 0.15) is 85.8 Å². The number of fused-ring (bicyclic) bond motifs is 2. The van der Waals surface area contributed by atoms with Crippen molar-refractivity contribution in [2.75, 3.05) is 5.75 Å². The van der Waals surface area contributed by atoms with Gasteiger partial charge >= 0.3 is 21.2 Å². The molecule has 2 aliphatic rings. The van der Waals surface area contributed by atoms with E-state index >= 15 is 0 Å². The molecule has 0 aromatic heterocycles. The fourth-order valence-electron chi connectivity index (χ4n) is 6.00. The summed E-state index contributed by atoms with van der Waals surface area (Å²) in [5, 5.41) is 0. The van der Waals surface area contributed by atoms with Gasteiger partial charge in [0, 0.05) is 17.4 Å². The maximum Gasteiger partial charge on any atom is 0.358 e. The molecule has 198 valence electrons. The molecule has 2 atom stereocenters. The highest BCUT2D eigenvalue weighted by atomic mass is 127. The summed E-state index contributed by atoms with van der Waals surface area (Å²) in [5.41, 5.74) is 2.23. The van der Waals surface area contributed by atoms with Crippen LogP contribution in [0.4, 0.5) is 0 Å². The minimum absolute atomic E-state index is 0.0248. The van der Waals surface area contributed by atoms with E-state index in [9.17, 15) is 17.8 Å². The molecule has 2 bridgehead atoms. The summed E-state index contributed by atoms with van der Waals surface area (Å²) in [4.78, 5) is 11.8. The first-order chi connectivity index (χ1) is 16.4. The van der Waals surface area contributed by atoms with Crippen LogP contribution in [-0.2, 0) is 25.7 Å². The van der Waals surface area contributed by atoms with E-state index in [1.807, 2.05) is 13.8 Å². The lowest BCUT2D eigenvalue weighted by Crippen LogP contribution is -3.61. The first-order valence-corrected chi connectivity index (χ1v) is 16.4. The first-order valence-electron chi connectivity index (χ1n) is 12.7. The molecule has 2 unspecified atom stereocenters. The van der Waals surface area contributed by atoms with E-state index in [2.05, 4.69) is 90.1 Å². The fourth-order valence-corrected chi connectivity index (χ4v) is 10.5. The van der Waals surface area contributed by atoms with Crippen molar-refractivity contribution in [2.24, 2.45) is 16.7 Å². The minimum Gasteiger partial charge on any atom is -0.748 e. The zero-order chi connectivity index (χ0) is 27.2. The smallest absolute Gasteiger partial charge is 0.358 e. The number of rotatable bonds is 4. The van der Waals surface area contributed by atoms with E-state index in [4.69, 9.17) is 0 Å². The molecule has 0 saturated heterocycles. The van der Waals surface area contributed by atoms with Crippen LogP contribution in [0.5, 0.6) is 0 Å². The highest BCUT2D eigenvalue weighted by Gasteiger charge is 2.64. The first kappa shape index (κ1) is 29.3. The van der Waals surface area contributed by atoms with Crippen molar-refractivity contribution in [3.8, 4) is 0 Å². The highest BCUT2D eigenvalue weighted by Crippen LogP contribution is 2.64. The molecule has 2 aromatic carbocycles. The molecular weight excluding hydrogens is 583 g/mol. The summed E-state index contributed by atoms with van der Waals surface area (Å²) in [6.07, 6.45) is 1.88. The van der Waals surface area contributed by atoms with E-state index in [1.54, 1.807) is 9.13 Å². The third kappa shape index (κ3) is 6.07. The number of ketones is 1. The van der Waals surface area contributed by atoms with Gasteiger partial charge < -0.3 is 4.55 Å². The Morgan fingerprint density at radius 3 is 2.00 bits per heavy atom.